The van der Waals surface area contributed by atoms with Crippen LogP contribution in [-0.4, -0.2) is 15.6 Å². The zero-order valence-corrected chi connectivity index (χ0v) is 13.4. The third-order valence-electron chi connectivity index (χ3n) is 4.02. The van der Waals surface area contributed by atoms with Crippen LogP contribution in [0, 0.1) is 0 Å². The number of benzene rings is 1. The Balaban J connectivity index is 1.97. The van der Waals surface area contributed by atoms with Gasteiger partial charge >= 0.3 is 0 Å². The fraction of sp³-hybridized carbons (Fsp3) is 0.278. The standard InChI is InChI=1S/C18H20ClN3/c1-2-15(20)9-14-12-22(17-6-4-3-5-16(14)17)11-13-7-8-18(19)21-10-13/h3-8,10,12,15H,2,9,11,20H2,1H3. The van der Waals surface area contributed by atoms with Crippen LogP contribution in [0.5, 0.6) is 0 Å². The number of fused-ring (bicyclic) bond motifs is 1. The average Bonchev–Trinajstić information content (AvgIpc) is 2.87. The Morgan fingerprint density at radius 2 is 2.05 bits per heavy atom. The van der Waals surface area contributed by atoms with Crippen molar-refractivity contribution in [1.29, 1.82) is 0 Å². The Hall–Kier alpha value is -1.84. The highest BCUT2D eigenvalue weighted by molar-refractivity contribution is 6.29. The summed E-state index contributed by atoms with van der Waals surface area (Å²) in [6, 6.07) is 12.5. The van der Waals surface area contributed by atoms with Gasteiger partial charge in [-0.15, -0.1) is 0 Å². The number of hydrogen-bond acceptors (Lipinski definition) is 2. The zero-order valence-electron chi connectivity index (χ0n) is 12.7. The number of rotatable bonds is 5. The lowest BCUT2D eigenvalue weighted by Crippen LogP contribution is -2.21. The van der Waals surface area contributed by atoms with Gasteiger partial charge in [0.15, 0.2) is 0 Å². The molecule has 2 heterocycles. The van der Waals surface area contributed by atoms with E-state index in [-0.39, 0.29) is 6.04 Å². The lowest BCUT2D eigenvalue weighted by molar-refractivity contribution is 0.646. The van der Waals surface area contributed by atoms with Gasteiger partial charge in [-0.2, -0.15) is 0 Å². The Bertz CT molecular complexity index is 762. The Kier molecular flexibility index (Phi) is 4.46. The van der Waals surface area contributed by atoms with Crippen LogP contribution in [0.2, 0.25) is 5.15 Å². The normalized spacial score (nSPS) is 12.7. The molecule has 0 bridgehead atoms. The van der Waals surface area contributed by atoms with Gasteiger partial charge in [-0.05, 0) is 36.1 Å². The smallest absolute Gasteiger partial charge is 0.129 e. The number of para-hydroxylation sites is 1. The predicted molar refractivity (Wildman–Crippen MR) is 92.3 cm³/mol. The van der Waals surface area contributed by atoms with Gasteiger partial charge < -0.3 is 10.3 Å². The van der Waals surface area contributed by atoms with Crippen LogP contribution < -0.4 is 5.73 Å². The maximum absolute atomic E-state index is 6.14. The summed E-state index contributed by atoms with van der Waals surface area (Å²) in [6.07, 6.45) is 5.94. The summed E-state index contributed by atoms with van der Waals surface area (Å²) < 4.78 is 2.26. The van der Waals surface area contributed by atoms with E-state index in [1.165, 1.54) is 16.5 Å². The quantitative estimate of drug-likeness (QED) is 0.723. The van der Waals surface area contributed by atoms with E-state index in [1.807, 2.05) is 18.3 Å². The number of nitrogens with zero attached hydrogens (tertiary/aromatic N) is 2. The first kappa shape index (κ1) is 15.1. The van der Waals surface area contributed by atoms with Crippen LogP contribution in [-0.2, 0) is 13.0 Å². The van der Waals surface area contributed by atoms with Crippen molar-refractivity contribution < 1.29 is 0 Å². The Labute approximate surface area is 135 Å². The SMILES string of the molecule is CCC(N)Cc1cn(Cc2ccc(Cl)nc2)c2ccccc12. The Morgan fingerprint density at radius 3 is 2.77 bits per heavy atom. The second-order valence-corrected chi connectivity index (χ2v) is 6.05. The van der Waals surface area contributed by atoms with Gasteiger partial charge in [-0.3, -0.25) is 0 Å². The summed E-state index contributed by atoms with van der Waals surface area (Å²) in [4.78, 5) is 4.16. The van der Waals surface area contributed by atoms with E-state index >= 15 is 0 Å². The van der Waals surface area contributed by atoms with Crippen molar-refractivity contribution in [3.05, 3.63) is 65.1 Å². The van der Waals surface area contributed by atoms with Crippen LogP contribution in [0.25, 0.3) is 10.9 Å². The highest BCUT2D eigenvalue weighted by Crippen LogP contribution is 2.23. The van der Waals surface area contributed by atoms with Crippen molar-refractivity contribution >= 4 is 22.5 Å². The van der Waals surface area contributed by atoms with Gasteiger partial charge in [0.05, 0.1) is 0 Å². The predicted octanol–water partition coefficient (Wildman–Crippen LogP) is 4.02. The molecule has 4 heteroatoms. The minimum absolute atomic E-state index is 0.205. The molecule has 1 aromatic carbocycles. The first-order valence-electron chi connectivity index (χ1n) is 7.60. The Morgan fingerprint density at radius 1 is 1.23 bits per heavy atom. The van der Waals surface area contributed by atoms with Crippen LogP contribution in [0.1, 0.15) is 24.5 Å². The molecule has 0 saturated heterocycles. The molecule has 0 amide bonds. The van der Waals surface area contributed by atoms with Crippen molar-refractivity contribution in [3.8, 4) is 0 Å². The van der Waals surface area contributed by atoms with E-state index in [4.69, 9.17) is 17.3 Å². The highest BCUT2D eigenvalue weighted by Gasteiger charge is 2.11. The number of nitrogens with two attached hydrogens (primary N) is 1. The maximum Gasteiger partial charge on any atom is 0.129 e. The van der Waals surface area contributed by atoms with Crippen molar-refractivity contribution in [2.24, 2.45) is 5.73 Å². The van der Waals surface area contributed by atoms with E-state index in [1.54, 1.807) is 0 Å². The topological polar surface area (TPSA) is 43.8 Å². The van der Waals surface area contributed by atoms with E-state index in [0.717, 1.165) is 24.9 Å². The zero-order chi connectivity index (χ0) is 15.5. The molecule has 2 aromatic heterocycles. The molecule has 0 fully saturated rings. The first-order valence-corrected chi connectivity index (χ1v) is 7.98. The molecule has 1 unspecified atom stereocenters. The van der Waals surface area contributed by atoms with Crippen molar-refractivity contribution in [2.75, 3.05) is 0 Å². The molecule has 0 aliphatic carbocycles. The van der Waals surface area contributed by atoms with Gasteiger partial charge in [0.1, 0.15) is 5.15 Å². The monoisotopic (exact) mass is 313 g/mol. The molecule has 0 aliphatic rings. The molecule has 0 spiro atoms. The van der Waals surface area contributed by atoms with Gasteiger partial charge in [0, 0.05) is 35.9 Å². The molecule has 3 aromatic rings. The molecular weight excluding hydrogens is 294 g/mol. The molecule has 3 rings (SSSR count). The summed E-state index contributed by atoms with van der Waals surface area (Å²) in [5.41, 5.74) is 9.82. The second kappa shape index (κ2) is 6.51. The molecule has 3 nitrogen and oxygen atoms in total. The third kappa shape index (κ3) is 3.16. The molecule has 0 saturated carbocycles. The summed E-state index contributed by atoms with van der Waals surface area (Å²) in [6.45, 7) is 2.91. The minimum atomic E-state index is 0.205. The van der Waals surface area contributed by atoms with Crippen LogP contribution in [0.15, 0.2) is 48.8 Å². The highest BCUT2D eigenvalue weighted by atomic mass is 35.5. The molecular formula is C18H20ClN3. The first-order chi connectivity index (χ1) is 10.7. The van der Waals surface area contributed by atoms with E-state index in [9.17, 15) is 0 Å². The minimum Gasteiger partial charge on any atom is -0.343 e. The second-order valence-electron chi connectivity index (χ2n) is 5.66. The van der Waals surface area contributed by atoms with Crippen LogP contribution in [0.3, 0.4) is 0 Å². The van der Waals surface area contributed by atoms with E-state index in [2.05, 4.69) is 46.9 Å². The molecule has 22 heavy (non-hydrogen) atoms. The molecule has 0 radical (unpaired) electrons. The number of aromatic nitrogens is 2. The van der Waals surface area contributed by atoms with E-state index in [0.29, 0.717) is 5.15 Å². The lowest BCUT2D eigenvalue weighted by atomic mass is 10.0. The largest absolute Gasteiger partial charge is 0.343 e. The van der Waals surface area contributed by atoms with Gasteiger partial charge in [0.25, 0.3) is 0 Å². The van der Waals surface area contributed by atoms with E-state index < -0.39 is 0 Å². The summed E-state index contributed by atoms with van der Waals surface area (Å²) in [7, 11) is 0. The van der Waals surface area contributed by atoms with Crippen molar-refractivity contribution in [1.82, 2.24) is 9.55 Å². The van der Waals surface area contributed by atoms with Crippen molar-refractivity contribution in [3.63, 3.8) is 0 Å². The van der Waals surface area contributed by atoms with Crippen LogP contribution in [0.4, 0.5) is 0 Å². The lowest BCUT2D eigenvalue weighted by Gasteiger charge is -2.07. The molecule has 114 valence electrons. The van der Waals surface area contributed by atoms with Gasteiger partial charge in [-0.25, -0.2) is 4.98 Å². The number of halogens is 1. The molecule has 1 atom stereocenters. The van der Waals surface area contributed by atoms with Crippen LogP contribution >= 0.6 is 11.6 Å². The van der Waals surface area contributed by atoms with Gasteiger partial charge in [-0.1, -0.05) is 42.8 Å². The number of hydrogen-bond donors (Lipinski definition) is 1. The molecule has 0 aliphatic heterocycles. The average molecular weight is 314 g/mol. The maximum atomic E-state index is 6.14. The van der Waals surface area contributed by atoms with Gasteiger partial charge in [0.2, 0.25) is 0 Å². The summed E-state index contributed by atoms with van der Waals surface area (Å²) in [5, 5.41) is 1.81. The summed E-state index contributed by atoms with van der Waals surface area (Å²) >= 11 is 5.86. The summed E-state index contributed by atoms with van der Waals surface area (Å²) in [5.74, 6) is 0. The fourth-order valence-corrected chi connectivity index (χ4v) is 2.85. The third-order valence-corrected chi connectivity index (χ3v) is 4.24. The van der Waals surface area contributed by atoms with Crippen molar-refractivity contribution in [2.45, 2.75) is 32.4 Å². The molecule has 2 N–H and O–H groups in total. The number of pyridine rings is 1. The fourth-order valence-electron chi connectivity index (χ4n) is 2.74.